The third-order valence-corrected chi connectivity index (χ3v) is 8.81. The predicted molar refractivity (Wildman–Crippen MR) is 177 cm³/mol. The number of para-hydroxylation sites is 1. The Morgan fingerprint density at radius 2 is 1.57 bits per heavy atom. The third-order valence-electron chi connectivity index (χ3n) is 7.41. The van der Waals surface area contributed by atoms with Crippen molar-refractivity contribution in [1.82, 2.24) is 19.9 Å². The normalized spacial score (nSPS) is 12.2. The smallest absolute Gasteiger partial charge is 0.408 e. The Labute approximate surface area is 273 Å². The van der Waals surface area contributed by atoms with Gasteiger partial charge in [0.05, 0.1) is 18.0 Å². The van der Waals surface area contributed by atoms with Gasteiger partial charge in [-0.25, -0.2) is 17.9 Å². The average Bonchev–Trinajstić information content (AvgIpc) is 3.44. The number of hydrogen-bond acceptors (Lipinski definition) is 8. The summed E-state index contributed by atoms with van der Waals surface area (Å²) in [5.41, 5.74) is 2.73. The average molecular weight is 657 g/mol. The Kier molecular flexibility index (Phi) is 10.6. The number of carbonyl (C=O) groups excluding carboxylic acids is 3. The van der Waals surface area contributed by atoms with Crippen molar-refractivity contribution in [2.75, 3.05) is 13.1 Å². The molecule has 0 fully saturated rings. The van der Waals surface area contributed by atoms with E-state index in [0.717, 1.165) is 10.9 Å². The van der Waals surface area contributed by atoms with Crippen molar-refractivity contribution in [3.8, 4) is 0 Å². The Balaban J connectivity index is 1.28. The number of sulfonamides is 1. The monoisotopic (exact) mass is 656 g/mol. The number of carbonyl (C=O) groups is 3. The summed E-state index contributed by atoms with van der Waals surface area (Å²) < 4.78 is 40.2. The molecule has 2 aromatic heterocycles. The highest BCUT2D eigenvalue weighted by Crippen LogP contribution is 2.30. The number of hydrogen-bond donors (Lipinski definition) is 2. The largest absolute Gasteiger partial charge is 0.456 e. The maximum atomic E-state index is 13.9. The topological polar surface area (TPSA) is 148 Å². The first kappa shape index (κ1) is 33.3. The van der Waals surface area contributed by atoms with Gasteiger partial charge in [0.1, 0.15) is 11.2 Å². The zero-order chi connectivity index (χ0) is 33.4. The van der Waals surface area contributed by atoms with Crippen molar-refractivity contribution in [2.24, 2.45) is 5.92 Å². The zero-order valence-corrected chi connectivity index (χ0v) is 26.9. The second-order valence-corrected chi connectivity index (χ2v) is 13.3. The molecule has 0 bridgehead atoms. The van der Waals surface area contributed by atoms with E-state index in [1.54, 1.807) is 36.7 Å². The lowest BCUT2D eigenvalue weighted by molar-refractivity contribution is -0.144. The summed E-state index contributed by atoms with van der Waals surface area (Å²) >= 11 is 0. The first-order valence-corrected chi connectivity index (χ1v) is 16.7. The molecule has 0 saturated carbocycles. The molecule has 0 spiro atoms. The molecule has 0 aliphatic heterocycles. The third kappa shape index (κ3) is 8.81. The van der Waals surface area contributed by atoms with Gasteiger partial charge in [0.25, 0.3) is 5.91 Å². The van der Waals surface area contributed by atoms with Gasteiger partial charge >= 0.3 is 6.09 Å². The molecule has 2 amide bonds. The van der Waals surface area contributed by atoms with Crippen molar-refractivity contribution < 1.29 is 32.0 Å². The Morgan fingerprint density at radius 3 is 2.32 bits per heavy atom. The van der Waals surface area contributed by atoms with E-state index < -0.39 is 47.0 Å². The standard InChI is InChI=1S/C35H36N4O7S/c1-24(2)18-33(46-35(42)37-20-25-8-4-3-5-9-25)34(41)39(22-26-14-16-36-17-15-26)23-27(40)21-38-47(43,44)28-12-13-32-30(19-28)29-10-6-7-11-31(29)45-32/h3-17,19,24,33,38H,18,20-23H2,1-2H3,(H,37,42)/t33-/m0/s1. The van der Waals surface area contributed by atoms with Gasteiger partial charge in [0, 0.05) is 36.3 Å². The number of aromatic nitrogens is 1. The van der Waals surface area contributed by atoms with Crippen molar-refractivity contribution >= 4 is 49.7 Å². The Morgan fingerprint density at radius 1 is 0.872 bits per heavy atom. The van der Waals surface area contributed by atoms with Crippen LogP contribution in [0.2, 0.25) is 0 Å². The van der Waals surface area contributed by atoms with E-state index in [4.69, 9.17) is 9.15 Å². The Hall–Kier alpha value is -5.07. The SMILES string of the molecule is CC(C)C[C@H](OC(=O)NCc1ccccc1)C(=O)N(CC(=O)CNS(=O)(=O)c1ccc2oc3ccccc3c2c1)Cc1ccncc1. The van der Waals surface area contributed by atoms with Gasteiger partial charge in [0.15, 0.2) is 11.9 Å². The number of ether oxygens (including phenoxy) is 1. The van der Waals surface area contributed by atoms with Crippen LogP contribution < -0.4 is 10.0 Å². The molecule has 2 heterocycles. The van der Waals surface area contributed by atoms with Crippen LogP contribution in [0.1, 0.15) is 31.4 Å². The van der Waals surface area contributed by atoms with Crippen molar-refractivity contribution in [2.45, 2.75) is 44.4 Å². The van der Waals surface area contributed by atoms with Crippen LogP contribution in [0, 0.1) is 5.92 Å². The Bertz CT molecular complexity index is 1960. The van der Waals surface area contributed by atoms with Gasteiger partial charge in [-0.3, -0.25) is 14.6 Å². The molecule has 11 nitrogen and oxygen atoms in total. The second kappa shape index (κ2) is 15.0. The summed E-state index contributed by atoms with van der Waals surface area (Å²) in [6.07, 6.45) is 1.41. The molecule has 2 N–H and O–H groups in total. The lowest BCUT2D eigenvalue weighted by atomic mass is 10.0. The molecular weight excluding hydrogens is 620 g/mol. The summed E-state index contributed by atoms with van der Waals surface area (Å²) in [7, 11) is -4.09. The summed E-state index contributed by atoms with van der Waals surface area (Å²) in [4.78, 5) is 45.1. The molecule has 1 atom stereocenters. The van der Waals surface area contributed by atoms with E-state index >= 15 is 0 Å². The van der Waals surface area contributed by atoms with E-state index in [9.17, 15) is 22.8 Å². The van der Waals surface area contributed by atoms with E-state index in [2.05, 4.69) is 15.0 Å². The fourth-order valence-corrected chi connectivity index (χ4v) is 6.13. The molecule has 0 aliphatic rings. The fraction of sp³-hybridized carbons (Fsp3) is 0.257. The highest BCUT2D eigenvalue weighted by molar-refractivity contribution is 7.89. The van der Waals surface area contributed by atoms with Crippen LogP contribution in [0.3, 0.4) is 0 Å². The highest BCUT2D eigenvalue weighted by Gasteiger charge is 2.30. The molecule has 5 rings (SSSR count). The van der Waals surface area contributed by atoms with Crippen molar-refractivity contribution in [1.29, 1.82) is 0 Å². The fourth-order valence-electron chi connectivity index (χ4n) is 5.09. The first-order chi connectivity index (χ1) is 22.6. The molecule has 0 saturated heterocycles. The van der Waals surface area contributed by atoms with Gasteiger partial charge in [-0.15, -0.1) is 0 Å². The number of nitrogens with zero attached hydrogens (tertiary/aromatic N) is 2. The van der Waals surface area contributed by atoms with E-state index in [-0.39, 0.29) is 30.3 Å². The summed E-state index contributed by atoms with van der Waals surface area (Å²) in [6, 6.07) is 24.5. The van der Waals surface area contributed by atoms with Gasteiger partial charge < -0.3 is 19.4 Å². The number of alkyl carbamates (subject to hydrolysis) is 1. The minimum Gasteiger partial charge on any atom is -0.456 e. The van der Waals surface area contributed by atoms with Crippen molar-refractivity contribution in [3.05, 3.63) is 108 Å². The number of ketones is 1. The van der Waals surface area contributed by atoms with Crippen LogP contribution in [0.4, 0.5) is 4.79 Å². The van der Waals surface area contributed by atoms with Crippen LogP contribution in [-0.2, 0) is 37.4 Å². The lowest BCUT2D eigenvalue weighted by Crippen LogP contribution is -2.46. The van der Waals surface area contributed by atoms with Gasteiger partial charge in [-0.2, -0.15) is 0 Å². The molecule has 0 radical (unpaired) electrons. The molecule has 0 unspecified atom stereocenters. The number of benzene rings is 3. The second-order valence-electron chi connectivity index (χ2n) is 11.5. The number of Topliss-reactive ketones (excluding diaryl/α,β-unsaturated/α-hetero) is 1. The minimum atomic E-state index is -4.09. The molecule has 244 valence electrons. The van der Waals surface area contributed by atoms with E-state index in [1.807, 2.05) is 62.4 Å². The van der Waals surface area contributed by atoms with E-state index in [0.29, 0.717) is 22.1 Å². The predicted octanol–water partition coefficient (Wildman–Crippen LogP) is 5.20. The number of amides is 2. The summed E-state index contributed by atoms with van der Waals surface area (Å²) in [6.45, 7) is 3.04. The van der Waals surface area contributed by atoms with Gasteiger partial charge in [-0.05, 0) is 59.9 Å². The lowest BCUT2D eigenvalue weighted by Gasteiger charge is -2.28. The molecular formula is C35H36N4O7S. The molecule has 5 aromatic rings. The van der Waals surface area contributed by atoms with Crippen LogP contribution >= 0.6 is 0 Å². The van der Waals surface area contributed by atoms with Crippen LogP contribution in [-0.4, -0.2) is 55.3 Å². The molecule has 3 aromatic carbocycles. The van der Waals surface area contributed by atoms with Crippen LogP contribution in [0.15, 0.2) is 107 Å². The number of fused-ring (bicyclic) bond motifs is 3. The number of nitrogens with one attached hydrogen (secondary N) is 2. The van der Waals surface area contributed by atoms with Crippen LogP contribution in [0.25, 0.3) is 21.9 Å². The van der Waals surface area contributed by atoms with E-state index in [1.165, 1.54) is 17.0 Å². The van der Waals surface area contributed by atoms with Gasteiger partial charge in [0.2, 0.25) is 10.0 Å². The van der Waals surface area contributed by atoms with Crippen LogP contribution in [0.5, 0.6) is 0 Å². The summed E-state index contributed by atoms with van der Waals surface area (Å²) in [5.74, 6) is -1.14. The summed E-state index contributed by atoms with van der Waals surface area (Å²) in [5, 5.41) is 4.07. The minimum absolute atomic E-state index is 0.0131. The number of rotatable bonds is 14. The zero-order valence-electron chi connectivity index (χ0n) is 26.1. The number of pyridine rings is 1. The molecule has 47 heavy (non-hydrogen) atoms. The maximum Gasteiger partial charge on any atom is 0.408 e. The highest BCUT2D eigenvalue weighted by atomic mass is 32.2. The van der Waals surface area contributed by atoms with Gasteiger partial charge in [-0.1, -0.05) is 62.4 Å². The maximum absolute atomic E-state index is 13.9. The molecule has 0 aliphatic carbocycles. The number of furan rings is 1. The first-order valence-electron chi connectivity index (χ1n) is 15.2. The van der Waals surface area contributed by atoms with Crippen molar-refractivity contribution in [3.63, 3.8) is 0 Å². The quantitative estimate of drug-likeness (QED) is 0.166. The molecule has 12 heteroatoms.